The van der Waals surface area contributed by atoms with E-state index in [0.717, 1.165) is 23.4 Å². The van der Waals surface area contributed by atoms with Crippen molar-refractivity contribution in [3.05, 3.63) is 29.1 Å². The third kappa shape index (κ3) is 3.07. The van der Waals surface area contributed by atoms with Crippen molar-refractivity contribution in [3.8, 4) is 0 Å². The quantitative estimate of drug-likeness (QED) is 0.851. The SMILES string of the molecule is CC(C)c1ccc2c(n1)CCN(C(=O)CN1CC(F)C1)C2. The lowest BCUT2D eigenvalue weighted by atomic mass is 10.0. The Morgan fingerprint density at radius 2 is 2.19 bits per heavy atom. The minimum Gasteiger partial charge on any atom is -0.337 e. The van der Waals surface area contributed by atoms with Crippen molar-refractivity contribution in [2.24, 2.45) is 0 Å². The van der Waals surface area contributed by atoms with Gasteiger partial charge in [0.25, 0.3) is 0 Å². The Hall–Kier alpha value is -1.49. The summed E-state index contributed by atoms with van der Waals surface area (Å²) in [6.07, 6.45) is 0.0615. The Bertz CT molecular complexity index is 540. The van der Waals surface area contributed by atoms with Crippen LogP contribution in [0.25, 0.3) is 0 Å². The monoisotopic (exact) mass is 291 g/mol. The molecular weight excluding hydrogens is 269 g/mol. The number of carbonyl (C=O) groups excluding carboxylic acids is 1. The molecule has 0 atom stereocenters. The van der Waals surface area contributed by atoms with Crippen LogP contribution in [0.4, 0.5) is 4.39 Å². The Morgan fingerprint density at radius 1 is 1.43 bits per heavy atom. The zero-order valence-electron chi connectivity index (χ0n) is 12.7. The number of halogens is 1. The average molecular weight is 291 g/mol. The number of hydrogen-bond acceptors (Lipinski definition) is 3. The summed E-state index contributed by atoms with van der Waals surface area (Å²) in [6, 6.07) is 4.15. The molecule has 0 aromatic carbocycles. The van der Waals surface area contributed by atoms with E-state index in [-0.39, 0.29) is 5.91 Å². The lowest BCUT2D eigenvalue weighted by molar-refractivity contribution is -0.135. The van der Waals surface area contributed by atoms with Gasteiger partial charge in [-0.3, -0.25) is 14.7 Å². The molecule has 1 amide bonds. The first kappa shape index (κ1) is 14.4. The molecule has 1 aromatic heterocycles. The normalized spacial score (nSPS) is 19.5. The van der Waals surface area contributed by atoms with E-state index in [9.17, 15) is 9.18 Å². The zero-order valence-corrected chi connectivity index (χ0v) is 12.7. The Kier molecular flexibility index (Phi) is 3.93. The van der Waals surface area contributed by atoms with Crippen LogP contribution in [0.15, 0.2) is 12.1 Å². The highest BCUT2D eigenvalue weighted by Gasteiger charge is 2.30. The molecule has 0 spiro atoms. The molecule has 114 valence electrons. The van der Waals surface area contributed by atoms with Gasteiger partial charge in [0.15, 0.2) is 0 Å². The first-order chi connectivity index (χ1) is 10.0. The molecule has 3 heterocycles. The number of hydrogen-bond donors (Lipinski definition) is 0. The van der Waals surface area contributed by atoms with E-state index in [1.165, 1.54) is 0 Å². The number of fused-ring (bicyclic) bond motifs is 1. The Balaban J connectivity index is 1.63. The second-order valence-electron chi connectivity index (χ2n) is 6.35. The van der Waals surface area contributed by atoms with Crippen molar-refractivity contribution in [3.63, 3.8) is 0 Å². The fourth-order valence-corrected chi connectivity index (χ4v) is 2.89. The van der Waals surface area contributed by atoms with E-state index in [1.807, 2.05) is 9.80 Å². The maximum Gasteiger partial charge on any atom is 0.237 e. The van der Waals surface area contributed by atoms with Gasteiger partial charge >= 0.3 is 0 Å². The summed E-state index contributed by atoms with van der Waals surface area (Å²) in [4.78, 5) is 20.7. The molecule has 1 saturated heterocycles. The number of amides is 1. The molecular formula is C16H22FN3O. The molecule has 21 heavy (non-hydrogen) atoms. The number of aromatic nitrogens is 1. The van der Waals surface area contributed by atoms with Crippen LogP contribution in [0.3, 0.4) is 0 Å². The van der Waals surface area contributed by atoms with Crippen molar-refractivity contribution in [1.29, 1.82) is 0 Å². The van der Waals surface area contributed by atoms with E-state index in [2.05, 4.69) is 26.0 Å². The van der Waals surface area contributed by atoms with Gasteiger partial charge < -0.3 is 4.90 Å². The van der Waals surface area contributed by atoms with Crippen LogP contribution in [0, 0.1) is 0 Å². The second-order valence-corrected chi connectivity index (χ2v) is 6.35. The van der Waals surface area contributed by atoms with Gasteiger partial charge in [-0.25, -0.2) is 4.39 Å². The van der Waals surface area contributed by atoms with Crippen LogP contribution in [0.1, 0.15) is 36.7 Å². The lowest BCUT2D eigenvalue weighted by Gasteiger charge is -2.36. The molecule has 0 saturated carbocycles. The molecule has 1 fully saturated rings. The van der Waals surface area contributed by atoms with Crippen LogP contribution in [0.5, 0.6) is 0 Å². The van der Waals surface area contributed by atoms with Gasteiger partial charge in [0.05, 0.1) is 6.54 Å². The Morgan fingerprint density at radius 3 is 2.86 bits per heavy atom. The summed E-state index contributed by atoms with van der Waals surface area (Å²) < 4.78 is 12.8. The van der Waals surface area contributed by atoms with Gasteiger partial charge in [-0.2, -0.15) is 0 Å². The van der Waals surface area contributed by atoms with Crippen molar-refractivity contribution >= 4 is 5.91 Å². The molecule has 2 aliphatic rings. The van der Waals surface area contributed by atoms with E-state index in [0.29, 0.717) is 38.6 Å². The fourth-order valence-electron chi connectivity index (χ4n) is 2.89. The van der Waals surface area contributed by atoms with Gasteiger partial charge in [0, 0.05) is 44.0 Å². The number of nitrogens with zero attached hydrogens (tertiary/aromatic N) is 3. The van der Waals surface area contributed by atoms with Gasteiger partial charge in [0.1, 0.15) is 6.17 Å². The molecule has 0 N–H and O–H groups in total. The van der Waals surface area contributed by atoms with E-state index in [4.69, 9.17) is 4.98 Å². The maximum atomic E-state index is 12.8. The smallest absolute Gasteiger partial charge is 0.237 e. The van der Waals surface area contributed by atoms with E-state index in [1.54, 1.807) is 0 Å². The van der Waals surface area contributed by atoms with Gasteiger partial charge in [-0.1, -0.05) is 19.9 Å². The summed E-state index contributed by atoms with van der Waals surface area (Å²) in [7, 11) is 0. The third-order valence-electron chi connectivity index (χ3n) is 4.29. The van der Waals surface area contributed by atoms with Crippen LogP contribution in [0.2, 0.25) is 0 Å². The molecule has 5 heteroatoms. The molecule has 0 bridgehead atoms. The summed E-state index contributed by atoms with van der Waals surface area (Å²) in [6.45, 7) is 6.76. The second kappa shape index (κ2) is 5.72. The van der Waals surface area contributed by atoms with Gasteiger partial charge in [-0.15, -0.1) is 0 Å². The first-order valence-corrected chi connectivity index (χ1v) is 7.66. The van der Waals surface area contributed by atoms with E-state index >= 15 is 0 Å². The Labute approximate surface area is 125 Å². The van der Waals surface area contributed by atoms with Crippen molar-refractivity contribution < 1.29 is 9.18 Å². The summed E-state index contributed by atoms with van der Waals surface area (Å²) in [5.41, 5.74) is 3.38. The fraction of sp³-hybridized carbons (Fsp3) is 0.625. The highest BCUT2D eigenvalue weighted by Crippen LogP contribution is 2.21. The molecule has 0 unspecified atom stereocenters. The summed E-state index contributed by atoms with van der Waals surface area (Å²) in [5.74, 6) is 0.524. The summed E-state index contributed by atoms with van der Waals surface area (Å²) >= 11 is 0. The van der Waals surface area contributed by atoms with Crippen molar-refractivity contribution in [2.45, 2.75) is 38.9 Å². The molecule has 3 rings (SSSR count). The average Bonchev–Trinajstić information content (AvgIpc) is 2.44. The van der Waals surface area contributed by atoms with Gasteiger partial charge in [-0.05, 0) is 17.5 Å². The number of rotatable bonds is 3. The standard InChI is InChI=1S/C16H22FN3O/c1-11(2)14-4-3-12-7-20(6-5-15(12)18-14)16(21)10-19-8-13(17)9-19/h3-4,11,13H,5-10H2,1-2H3. The maximum absolute atomic E-state index is 12.8. The highest BCUT2D eigenvalue weighted by atomic mass is 19.1. The molecule has 0 aliphatic carbocycles. The number of carbonyl (C=O) groups is 1. The molecule has 2 aliphatic heterocycles. The van der Waals surface area contributed by atoms with E-state index < -0.39 is 6.17 Å². The van der Waals surface area contributed by atoms with Crippen LogP contribution in [-0.4, -0.2) is 53.0 Å². The third-order valence-corrected chi connectivity index (χ3v) is 4.29. The minimum atomic E-state index is -0.751. The first-order valence-electron chi connectivity index (χ1n) is 7.66. The van der Waals surface area contributed by atoms with Crippen LogP contribution >= 0.6 is 0 Å². The predicted molar refractivity (Wildman–Crippen MR) is 78.8 cm³/mol. The topological polar surface area (TPSA) is 36.4 Å². The molecule has 4 nitrogen and oxygen atoms in total. The van der Waals surface area contributed by atoms with Crippen LogP contribution < -0.4 is 0 Å². The number of likely N-dealkylation sites (tertiary alicyclic amines) is 1. The minimum absolute atomic E-state index is 0.0977. The molecule has 0 radical (unpaired) electrons. The van der Waals surface area contributed by atoms with Crippen molar-refractivity contribution in [2.75, 3.05) is 26.2 Å². The summed E-state index contributed by atoms with van der Waals surface area (Å²) in [5, 5.41) is 0. The lowest BCUT2D eigenvalue weighted by Crippen LogP contribution is -2.53. The van der Waals surface area contributed by atoms with Crippen molar-refractivity contribution in [1.82, 2.24) is 14.8 Å². The number of alkyl halides is 1. The largest absolute Gasteiger partial charge is 0.337 e. The highest BCUT2D eigenvalue weighted by molar-refractivity contribution is 5.78. The van der Waals surface area contributed by atoms with Crippen LogP contribution in [-0.2, 0) is 17.8 Å². The van der Waals surface area contributed by atoms with Gasteiger partial charge in [0.2, 0.25) is 5.91 Å². The predicted octanol–water partition coefficient (Wildman–Crippen LogP) is 1.74. The number of pyridine rings is 1. The zero-order chi connectivity index (χ0) is 15.0. The molecule has 1 aromatic rings.